The molecule has 3 aromatic rings. The van der Waals surface area contributed by atoms with E-state index in [-0.39, 0.29) is 34.1 Å². The summed E-state index contributed by atoms with van der Waals surface area (Å²) in [7, 11) is -4.21. The molecule has 0 bridgehead atoms. The third-order valence-corrected chi connectivity index (χ3v) is 8.43. The van der Waals surface area contributed by atoms with Crippen molar-refractivity contribution in [3.05, 3.63) is 92.9 Å². The van der Waals surface area contributed by atoms with E-state index < -0.39 is 28.5 Å². The second-order valence-electron chi connectivity index (χ2n) is 8.91. The van der Waals surface area contributed by atoms with Gasteiger partial charge < -0.3 is 10.2 Å². The van der Waals surface area contributed by atoms with Gasteiger partial charge in [-0.15, -0.1) is 0 Å². The van der Waals surface area contributed by atoms with E-state index in [1.807, 2.05) is 38.1 Å². The van der Waals surface area contributed by atoms with E-state index in [4.69, 9.17) is 23.2 Å². The maximum absolute atomic E-state index is 13.9. The highest BCUT2D eigenvalue weighted by atomic mass is 79.9. The van der Waals surface area contributed by atoms with Crippen molar-refractivity contribution in [2.45, 2.75) is 44.3 Å². The molecule has 3 rings (SSSR count). The Balaban J connectivity index is 2.06. The lowest BCUT2D eigenvalue weighted by Crippen LogP contribution is -2.52. The molecular weight excluding hydrogens is 613 g/mol. The molecule has 0 heterocycles. The predicted molar refractivity (Wildman–Crippen MR) is 155 cm³/mol. The lowest BCUT2D eigenvalue weighted by molar-refractivity contribution is -0.139. The van der Waals surface area contributed by atoms with Crippen molar-refractivity contribution in [3.63, 3.8) is 0 Å². The quantitative estimate of drug-likeness (QED) is 0.299. The molecule has 3 aromatic carbocycles. The van der Waals surface area contributed by atoms with Gasteiger partial charge in [-0.25, -0.2) is 8.42 Å². The maximum atomic E-state index is 13.9. The number of benzene rings is 3. The molecular formula is C27H28BrCl2N3O4S. The van der Waals surface area contributed by atoms with Gasteiger partial charge >= 0.3 is 0 Å². The smallest absolute Gasteiger partial charge is 0.264 e. The van der Waals surface area contributed by atoms with Crippen LogP contribution >= 0.6 is 39.1 Å². The van der Waals surface area contributed by atoms with E-state index in [1.54, 1.807) is 25.1 Å². The summed E-state index contributed by atoms with van der Waals surface area (Å²) in [5, 5.41) is 3.20. The summed E-state index contributed by atoms with van der Waals surface area (Å²) in [5.74, 6) is -0.938. The summed E-state index contributed by atoms with van der Waals surface area (Å²) in [6.07, 6.45) is 0. The van der Waals surface area contributed by atoms with E-state index in [1.165, 1.54) is 35.2 Å². The Morgan fingerprint density at radius 1 is 0.947 bits per heavy atom. The fourth-order valence-corrected chi connectivity index (χ4v) is 6.20. The first-order valence-electron chi connectivity index (χ1n) is 11.8. The first kappa shape index (κ1) is 30.0. The molecule has 11 heteroatoms. The van der Waals surface area contributed by atoms with Gasteiger partial charge in [0.05, 0.1) is 15.6 Å². The van der Waals surface area contributed by atoms with Crippen LogP contribution in [-0.2, 0) is 26.2 Å². The van der Waals surface area contributed by atoms with Gasteiger partial charge in [-0.2, -0.15) is 0 Å². The standard InChI is InChI=1S/C27H28BrCl2N3O4S/c1-18(2)31-27(35)19(3)32(16-20-8-7-9-21(28)14-20)26(34)17-33(25-13-12-22(29)15-24(25)30)38(36,37)23-10-5-4-6-11-23/h4-15,18-19H,16-17H2,1-3H3,(H,31,35)/t19-/m0/s1. The minimum atomic E-state index is -4.21. The van der Waals surface area contributed by atoms with Crippen LogP contribution in [0, 0.1) is 0 Å². The maximum Gasteiger partial charge on any atom is 0.264 e. The number of carbonyl (C=O) groups is 2. The van der Waals surface area contributed by atoms with Gasteiger partial charge in [-0.3, -0.25) is 13.9 Å². The molecule has 202 valence electrons. The van der Waals surface area contributed by atoms with Crippen LogP contribution in [0.15, 0.2) is 82.2 Å². The molecule has 0 radical (unpaired) electrons. The Morgan fingerprint density at radius 3 is 2.24 bits per heavy atom. The molecule has 2 amide bonds. The van der Waals surface area contributed by atoms with Crippen molar-refractivity contribution in [2.24, 2.45) is 0 Å². The lowest BCUT2D eigenvalue weighted by atomic mass is 10.1. The molecule has 0 fully saturated rings. The minimum Gasteiger partial charge on any atom is -0.352 e. The molecule has 38 heavy (non-hydrogen) atoms. The van der Waals surface area contributed by atoms with Crippen molar-refractivity contribution in [1.82, 2.24) is 10.2 Å². The van der Waals surface area contributed by atoms with Gasteiger partial charge in [0.1, 0.15) is 12.6 Å². The van der Waals surface area contributed by atoms with Crippen molar-refractivity contribution >= 4 is 66.7 Å². The average Bonchev–Trinajstić information content (AvgIpc) is 2.86. The zero-order valence-electron chi connectivity index (χ0n) is 21.1. The summed E-state index contributed by atoms with van der Waals surface area (Å²) in [6, 6.07) is 18.4. The lowest BCUT2D eigenvalue weighted by Gasteiger charge is -2.32. The number of nitrogens with zero attached hydrogens (tertiary/aromatic N) is 2. The van der Waals surface area contributed by atoms with E-state index >= 15 is 0 Å². The Labute approximate surface area is 241 Å². The van der Waals surface area contributed by atoms with E-state index in [0.29, 0.717) is 5.02 Å². The molecule has 0 aromatic heterocycles. The summed E-state index contributed by atoms with van der Waals surface area (Å²) in [6.45, 7) is 4.74. The van der Waals surface area contributed by atoms with Crippen molar-refractivity contribution in [1.29, 1.82) is 0 Å². The summed E-state index contributed by atoms with van der Waals surface area (Å²) in [5.41, 5.74) is 0.855. The second-order valence-corrected chi connectivity index (χ2v) is 12.5. The van der Waals surface area contributed by atoms with Crippen LogP contribution < -0.4 is 9.62 Å². The molecule has 1 N–H and O–H groups in total. The molecule has 0 aliphatic heterocycles. The molecule has 0 aliphatic rings. The van der Waals surface area contributed by atoms with Crippen molar-refractivity contribution in [2.75, 3.05) is 10.8 Å². The van der Waals surface area contributed by atoms with Gasteiger partial charge in [-0.1, -0.05) is 69.5 Å². The van der Waals surface area contributed by atoms with Crippen LogP contribution in [0.2, 0.25) is 10.0 Å². The van der Waals surface area contributed by atoms with Crippen LogP contribution in [0.25, 0.3) is 0 Å². The van der Waals surface area contributed by atoms with Gasteiger partial charge in [0, 0.05) is 22.1 Å². The van der Waals surface area contributed by atoms with Crippen LogP contribution in [0.4, 0.5) is 5.69 Å². The minimum absolute atomic E-state index is 0.0112. The number of sulfonamides is 1. The third-order valence-electron chi connectivity index (χ3n) is 5.63. The van der Waals surface area contributed by atoms with Gasteiger partial charge in [0.2, 0.25) is 11.8 Å². The number of halogens is 3. The van der Waals surface area contributed by atoms with Crippen LogP contribution in [0.1, 0.15) is 26.3 Å². The van der Waals surface area contributed by atoms with Gasteiger partial charge in [-0.05, 0) is 68.8 Å². The summed E-state index contributed by atoms with van der Waals surface area (Å²) >= 11 is 15.9. The number of hydrogen-bond acceptors (Lipinski definition) is 4. The van der Waals surface area contributed by atoms with E-state index in [0.717, 1.165) is 14.3 Å². The normalized spacial score (nSPS) is 12.2. The summed E-state index contributed by atoms with van der Waals surface area (Å²) < 4.78 is 29.3. The van der Waals surface area contributed by atoms with E-state index in [2.05, 4.69) is 21.2 Å². The highest BCUT2D eigenvalue weighted by Crippen LogP contribution is 2.33. The average molecular weight is 641 g/mol. The fraction of sp³-hybridized carbons (Fsp3) is 0.259. The van der Waals surface area contributed by atoms with Crippen LogP contribution in [-0.4, -0.2) is 43.8 Å². The molecule has 0 saturated carbocycles. The number of hydrogen-bond donors (Lipinski definition) is 1. The van der Waals surface area contributed by atoms with Gasteiger partial charge in [0.25, 0.3) is 10.0 Å². The molecule has 7 nitrogen and oxygen atoms in total. The molecule has 0 unspecified atom stereocenters. The van der Waals surface area contributed by atoms with Crippen LogP contribution in [0.5, 0.6) is 0 Å². The Bertz CT molecular complexity index is 1400. The topological polar surface area (TPSA) is 86.8 Å². The SMILES string of the molecule is CC(C)NC(=O)[C@H](C)N(Cc1cccc(Br)c1)C(=O)CN(c1ccc(Cl)cc1Cl)S(=O)(=O)c1ccccc1. The molecule has 0 saturated heterocycles. The highest BCUT2D eigenvalue weighted by molar-refractivity contribution is 9.10. The Hall–Kier alpha value is -2.59. The first-order chi connectivity index (χ1) is 17.9. The molecule has 0 aliphatic carbocycles. The Kier molecular flexibility index (Phi) is 10.2. The second kappa shape index (κ2) is 13.0. The number of rotatable bonds is 10. The van der Waals surface area contributed by atoms with E-state index in [9.17, 15) is 18.0 Å². The monoisotopic (exact) mass is 639 g/mol. The zero-order valence-corrected chi connectivity index (χ0v) is 25.0. The predicted octanol–water partition coefficient (Wildman–Crippen LogP) is 5.89. The van der Waals surface area contributed by atoms with Crippen LogP contribution in [0.3, 0.4) is 0 Å². The number of anilines is 1. The number of nitrogens with one attached hydrogen (secondary N) is 1. The van der Waals surface area contributed by atoms with Gasteiger partial charge in [0.15, 0.2) is 0 Å². The Morgan fingerprint density at radius 2 is 1.63 bits per heavy atom. The highest BCUT2D eigenvalue weighted by Gasteiger charge is 2.33. The fourth-order valence-electron chi connectivity index (χ4n) is 3.74. The van der Waals surface area contributed by atoms with Crippen molar-refractivity contribution < 1.29 is 18.0 Å². The summed E-state index contributed by atoms with van der Waals surface area (Å²) in [4.78, 5) is 28.2. The zero-order chi connectivity index (χ0) is 28.0. The largest absolute Gasteiger partial charge is 0.352 e. The molecule has 1 atom stereocenters. The van der Waals surface area contributed by atoms with Crippen molar-refractivity contribution in [3.8, 4) is 0 Å². The first-order valence-corrected chi connectivity index (χ1v) is 14.8. The number of amides is 2. The third kappa shape index (κ3) is 7.50. The number of carbonyl (C=O) groups excluding carboxylic acids is 2. The molecule has 0 spiro atoms.